The van der Waals surface area contributed by atoms with Gasteiger partial charge in [-0.05, 0) is 25.3 Å². The van der Waals surface area contributed by atoms with E-state index in [0.717, 1.165) is 0 Å². The van der Waals surface area contributed by atoms with Gasteiger partial charge in [0.15, 0.2) is 0 Å². The van der Waals surface area contributed by atoms with Gasteiger partial charge in [-0.1, -0.05) is 0 Å². The van der Waals surface area contributed by atoms with E-state index in [-0.39, 0.29) is 0 Å². The second-order valence-corrected chi connectivity index (χ2v) is 4.91. The largest absolute Gasteiger partial charge is 0.387 e. The Kier molecular flexibility index (Phi) is 4.77. The highest BCUT2D eigenvalue weighted by atomic mass is 32.2. The number of nitrogens with two attached hydrogens (primary N) is 1. The van der Waals surface area contributed by atoms with Crippen molar-refractivity contribution in [1.82, 2.24) is 4.98 Å². The second-order valence-electron chi connectivity index (χ2n) is 4.05. The van der Waals surface area contributed by atoms with Gasteiger partial charge in [0.2, 0.25) is 0 Å². The van der Waals surface area contributed by atoms with Crippen LogP contribution in [-0.4, -0.2) is 40.2 Å². The molecule has 1 atom stereocenters. The van der Waals surface area contributed by atoms with E-state index < -0.39 is 11.5 Å². The number of thioether (sulfide) groups is 1. The zero-order valence-electron chi connectivity index (χ0n) is 9.93. The van der Waals surface area contributed by atoms with Gasteiger partial charge in [-0.15, -0.1) is 0 Å². The molecule has 0 bridgehead atoms. The smallest absolute Gasteiger partial charge is 0.252 e. The molecule has 17 heavy (non-hydrogen) atoms. The maximum absolute atomic E-state index is 11.1. The Morgan fingerprint density at radius 3 is 3.00 bits per heavy atom. The predicted octanol–water partition coefficient (Wildman–Crippen LogP) is 0.706. The van der Waals surface area contributed by atoms with Crippen LogP contribution in [0.25, 0.3) is 0 Å². The minimum atomic E-state index is -0.855. The number of amides is 1. The molecule has 5 nitrogen and oxygen atoms in total. The number of aromatic nitrogens is 1. The van der Waals surface area contributed by atoms with E-state index in [1.54, 1.807) is 37.0 Å². The SMILES string of the molecule is CSCC(C)(O)CNc1ncccc1C(N)=O. The van der Waals surface area contributed by atoms with Crippen molar-refractivity contribution in [3.8, 4) is 0 Å². The van der Waals surface area contributed by atoms with Crippen molar-refractivity contribution in [2.45, 2.75) is 12.5 Å². The number of anilines is 1. The number of hydrogen-bond acceptors (Lipinski definition) is 5. The highest BCUT2D eigenvalue weighted by Gasteiger charge is 2.20. The summed E-state index contributed by atoms with van der Waals surface area (Å²) in [6.45, 7) is 2.04. The summed E-state index contributed by atoms with van der Waals surface area (Å²) in [5, 5.41) is 12.9. The molecule has 0 aliphatic heterocycles. The van der Waals surface area contributed by atoms with Gasteiger partial charge in [-0.2, -0.15) is 11.8 Å². The Balaban J connectivity index is 2.72. The van der Waals surface area contributed by atoms with Gasteiger partial charge in [0.05, 0.1) is 11.2 Å². The van der Waals surface area contributed by atoms with Gasteiger partial charge in [-0.3, -0.25) is 4.79 Å². The Morgan fingerprint density at radius 1 is 1.71 bits per heavy atom. The number of hydrogen-bond donors (Lipinski definition) is 3. The number of aliphatic hydroxyl groups is 1. The fourth-order valence-corrected chi connectivity index (χ4v) is 2.11. The van der Waals surface area contributed by atoms with Gasteiger partial charge in [-0.25, -0.2) is 4.98 Å². The molecule has 0 saturated carbocycles. The average molecular weight is 255 g/mol. The number of carbonyl (C=O) groups excluding carboxylic acids is 1. The summed E-state index contributed by atoms with van der Waals surface area (Å²) in [4.78, 5) is 15.2. The first-order valence-electron chi connectivity index (χ1n) is 5.16. The molecular formula is C11H17N3O2S. The number of nitrogens with zero attached hydrogens (tertiary/aromatic N) is 1. The third-order valence-electron chi connectivity index (χ3n) is 2.17. The van der Waals surface area contributed by atoms with Crippen LogP contribution in [0.1, 0.15) is 17.3 Å². The number of pyridine rings is 1. The van der Waals surface area contributed by atoms with Crippen LogP contribution >= 0.6 is 11.8 Å². The van der Waals surface area contributed by atoms with Crippen LogP contribution in [-0.2, 0) is 0 Å². The number of nitrogens with one attached hydrogen (secondary N) is 1. The lowest BCUT2D eigenvalue weighted by Gasteiger charge is -2.23. The van der Waals surface area contributed by atoms with Crippen LogP contribution in [0.2, 0.25) is 0 Å². The van der Waals surface area contributed by atoms with E-state index in [9.17, 15) is 9.90 Å². The van der Waals surface area contributed by atoms with Crippen molar-refractivity contribution in [3.05, 3.63) is 23.9 Å². The highest BCUT2D eigenvalue weighted by molar-refractivity contribution is 7.98. The molecular weight excluding hydrogens is 238 g/mol. The lowest BCUT2D eigenvalue weighted by molar-refractivity contribution is 0.0979. The quantitative estimate of drug-likeness (QED) is 0.696. The first-order chi connectivity index (χ1) is 7.96. The fraction of sp³-hybridized carbons (Fsp3) is 0.455. The van der Waals surface area contributed by atoms with Gasteiger partial charge < -0.3 is 16.2 Å². The van der Waals surface area contributed by atoms with Gasteiger partial charge in [0, 0.05) is 18.5 Å². The third-order valence-corrected chi connectivity index (χ3v) is 3.08. The van der Waals surface area contributed by atoms with Crippen molar-refractivity contribution in [2.24, 2.45) is 5.73 Å². The first-order valence-corrected chi connectivity index (χ1v) is 6.55. The monoisotopic (exact) mass is 255 g/mol. The second kappa shape index (κ2) is 5.88. The highest BCUT2D eigenvalue weighted by Crippen LogP contribution is 2.14. The molecule has 1 aromatic rings. The molecule has 0 saturated heterocycles. The molecule has 0 aliphatic rings. The molecule has 1 rings (SSSR count). The van der Waals surface area contributed by atoms with E-state index in [0.29, 0.717) is 23.7 Å². The zero-order valence-corrected chi connectivity index (χ0v) is 10.8. The summed E-state index contributed by atoms with van der Waals surface area (Å²) in [7, 11) is 0. The summed E-state index contributed by atoms with van der Waals surface area (Å²) in [6.07, 6.45) is 3.49. The molecule has 94 valence electrons. The van der Waals surface area contributed by atoms with Crippen molar-refractivity contribution in [3.63, 3.8) is 0 Å². The number of rotatable bonds is 6. The topological polar surface area (TPSA) is 88.2 Å². The molecule has 6 heteroatoms. The number of primary amides is 1. The van der Waals surface area contributed by atoms with Crippen LogP contribution in [0, 0.1) is 0 Å². The van der Waals surface area contributed by atoms with E-state index in [2.05, 4.69) is 10.3 Å². The van der Waals surface area contributed by atoms with E-state index in [4.69, 9.17) is 5.73 Å². The average Bonchev–Trinajstić information content (AvgIpc) is 2.27. The molecule has 0 aromatic carbocycles. The lowest BCUT2D eigenvalue weighted by atomic mass is 10.1. The van der Waals surface area contributed by atoms with Crippen LogP contribution in [0.3, 0.4) is 0 Å². The van der Waals surface area contributed by atoms with Crippen LogP contribution in [0.4, 0.5) is 5.82 Å². The molecule has 1 aromatic heterocycles. The minimum absolute atomic E-state index is 0.311. The molecule has 1 heterocycles. The molecule has 1 amide bonds. The summed E-state index contributed by atoms with van der Waals surface area (Å²) in [5.74, 6) is 0.463. The molecule has 0 fully saturated rings. The van der Waals surface area contributed by atoms with Crippen molar-refractivity contribution < 1.29 is 9.90 Å². The summed E-state index contributed by atoms with van der Waals surface area (Å²) < 4.78 is 0. The Bertz CT molecular complexity index is 396. The van der Waals surface area contributed by atoms with Crippen molar-refractivity contribution in [1.29, 1.82) is 0 Å². The van der Waals surface area contributed by atoms with Crippen LogP contribution in [0.5, 0.6) is 0 Å². The summed E-state index contributed by atoms with van der Waals surface area (Å²) in [5.41, 5.74) is 4.70. The van der Waals surface area contributed by atoms with E-state index in [1.165, 1.54) is 0 Å². The molecule has 1 unspecified atom stereocenters. The molecule has 0 spiro atoms. The maximum Gasteiger partial charge on any atom is 0.252 e. The van der Waals surface area contributed by atoms with Crippen molar-refractivity contribution in [2.75, 3.05) is 23.9 Å². The lowest BCUT2D eigenvalue weighted by Crippen LogP contribution is -2.36. The standard InChI is InChI=1S/C11H17N3O2S/c1-11(16,7-17-2)6-14-10-8(9(12)15)4-3-5-13-10/h3-5,16H,6-7H2,1-2H3,(H2,12,15)(H,13,14). The normalized spacial score (nSPS) is 14.1. The Hall–Kier alpha value is -1.27. The molecule has 0 radical (unpaired) electrons. The van der Waals surface area contributed by atoms with Crippen LogP contribution < -0.4 is 11.1 Å². The Morgan fingerprint density at radius 2 is 2.41 bits per heavy atom. The third kappa shape index (κ3) is 4.24. The maximum atomic E-state index is 11.1. The predicted molar refractivity (Wildman–Crippen MR) is 70.3 cm³/mol. The van der Waals surface area contributed by atoms with Gasteiger partial charge >= 0.3 is 0 Å². The number of carbonyl (C=O) groups is 1. The molecule has 0 aliphatic carbocycles. The Labute approximate surface area is 105 Å². The van der Waals surface area contributed by atoms with E-state index in [1.807, 2.05) is 6.26 Å². The summed E-state index contributed by atoms with van der Waals surface area (Å²) in [6, 6.07) is 3.24. The first kappa shape index (κ1) is 13.8. The van der Waals surface area contributed by atoms with Crippen LogP contribution in [0.15, 0.2) is 18.3 Å². The van der Waals surface area contributed by atoms with Crippen molar-refractivity contribution >= 4 is 23.5 Å². The zero-order chi connectivity index (χ0) is 12.9. The van der Waals surface area contributed by atoms with E-state index >= 15 is 0 Å². The minimum Gasteiger partial charge on any atom is -0.387 e. The summed E-state index contributed by atoms with van der Waals surface area (Å²) >= 11 is 1.55. The molecule has 4 N–H and O–H groups in total. The van der Waals surface area contributed by atoms with Gasteiger partial charge in [0.1, 0.15) is 5.82 Å². The fourth-order valence-electron chi connectivity index (χ4n) is 1.38. The van der Waals surface area contributed by atoms with Gasteiger partial charge in [0.25, 0.3) is 5.91 Å².